The van der Waals surface area contributed by atoms with Gasteiger partial charge in [0.05, 0.1) is 13.7 Å². The fraction of sp³-hybridized carbons (Fsp3) is 0.167. The first kappa shape index (κ1) is 11.2. The quantitative estimate of drug-likeness (QED) is 0.796. The van der Waals surface area contributed by atoms with Crippen molar-refractivity contribution in [2.75, 3.05) is 12.8 Å². The highest BCUT2D eigenvalue weighted by Gasteiger charge is 2.01. The van der Waals surface area contributed by atoms with Crippen LogP contribution >= 0.6 is 0 Å². The van der Waals surface area contributed by atoms with Crippen molar-refractivity contribution in [2.45, 2.75) is 6.54 Å². The molecule has 0 saturated carbocycles. The maximum absolute atomic E-state index is 11.5. The smallest absolute Gasteiger partial charge is 0.347 e. The number of nitrogens with zero attached hydrogens (tertiary/aromatic N) is 2. The Morgan fingerprint density at radius 1 is 1.41 bits per heavy atom. The molecule has 2 aromatic rings. The van der Waals surface area contributed by atoms with Crippen LogP contribution in [0.15, 0.2) is 41.5 Å². The molecule has 2 N–H and O–H groups in total. The van der Waals surface area contributed by atoms with E-state index in [1.54, 1.807) is 25.4 Å². The maximum atomic E-state index is 11.5. The molecular weight excluding hydrogens is 218 g/mol. The zero-order valence-electron chi connectivity index (χ0n) is 9.46. The number of nitrogens with two attached hydrogens (primary N) is 1. The van der Waals surface area contributed by atoms with Gasteiger partial charge in [-0.3, -0.25) is 4.57 Å². The molecule has 5 heteroatoms. The second-order valence-electron chi connectivity index (χ2n) is 3.64. The first-order chi connectivity index (χ1) is 8.19. The molecule has 17 heavy (non-hydrogen) atoms. The average molecular weight is 231 g/mol. The van der Waals surface area contributed by atoms with Crippen LogP contribution in [0.5, 0.6) is 5.75 Å². The topological polar surface area (TPSA) is 70.1 Å². The summed E-state index contributed by atoms with van der Waals surface area (Å²) in [7, 11) is 1.58. The van der Waals surface area contributed by atoms with Crippen molar-refractivity contribution >= 4 is 5.69 Å². The fourth-order valence-electron chi connectivity index (χ4n) is 1.60. The summed E-state index contributed by atoms with van der Waals surface area (Å²) in [6.45, 7) is 0.425. The second-order valence-corrected chi connectivity index (χ2v) is 3.64. The van der Waals surface area contributed by atoms with E-state index in [1.807, 2.05) is 12.1 Å². The van der Waals surface area contributed by atoms with Crippen molar-refractivity contribution in [1.82, 2.24) is 9.55 Å². The van der Waals surface area contributed by atoms with Gasteiger partial charge in [0.15, 0.2) is 0 Å². The number of rotatable bonds is 3. The van der Waals surface area contributed by atoms with Gasteiger partial charge < -0.3 is 10.5 Å². The van der Waals surface area contributed by atoms with Crippen molar-refractivity contribution in [3.05, 3.63) is 52.7 Å². The largest absolute Gasteiger partial charge is 0.497 e. The third-order valence-corrected chi connectivity index (χ3v) is 2.36. The Balaban J connectivity index is 2.33. The van der Waals surface area contributed by atoms with E-state index in [0.717, 1.165) is 5.56 Å². The van der Waals surface area contributed by atoms with E-state index in [-0.39, 0.29) is 5.69 Å². The highest BCUT2D eigenvalue weighted by Crippen LogP contribution is 2.18. The molecule has 0 bridgehead atoms. The summed E-state index contributed by atoms with van der Waals surface area (Å²) in [6, 6.07) is 7.10. The molecule has 0 fully saturated rings. The maximum Gasteiger partial charge on any atom is 0.347 e. The summed E-state index contributed by atoms with van der Waals surface area (Å²) in [5, 5.41) is 0. The van der Waals surface area contributed by atoms with Gasteiger partial charge in [0, 0.05) is 24.1 Å². The Bertz CT molecular complexity index is 578. The number of hydrogen-bond acceptors (Lipinski definition) is 4. The number of hydrogen-bond donors (Lipinski definition) is 1. The van der Waals surface area contributed by atoms with Gasteiger partial charge in [0.2, 0.25) is 0 Å². The van der Waals surface area contributed by atoms with E-state index >= 15 is 0 Å². The number of nitrogen functional groups attached to an aromatic ring is 1. The molecule has 0 atom stereocenters. The lowest BCUT2D eigenvalue weighted by Gasteiger charge is -2.08. The third kappa shape index (κ3) is 2.63. The zero-order chi connectivity index (χ0) is 12.3. The van der Waals surface area contributed by atoms with Crippen LogP contribution in [0.2, 0.25) is 0 Å². The molecular formula is C12H13N3O2. The second kappa shape index (κ2) is 4.69. The standard InChI is InChI=1S/C12H13N3O2/c1-17-11-6-9(5-10(13)7-11)8-15-4-2-3-14-12(15)16/h2-7H,8,13H2,1H3. The van der Waals surface area contributed by atoms with E-state index in [4.69, 9.17) is 10.5 Å². The van der Waals surface area contributed by atoms with Crippen LogP contribution in [-0.2, 0) is 6.54 Å². The molecule has 0 spiro atoms. The number of methoxy groups -OCH3 is 1. The van der Waals surface area contributed by atoms with E-state index < -0.39 is 0 Å². The van der Waals surface area contributed by atoms with Crippen molar-refractivity contribution in [3.63, 3.8) is 0 Å². The first-order valence-corrected chi connectivity index (χ1v) is 5.14. The fourth-order valence-corrected chi connectivity index (χ4v) is 1.60. The van der Waals surface area contributed by atoms with Gasteiger partial charge in [-0.1, -0.05) is 0 Å². The van der Waals surface area contributed by atoms with Crippen LogP contribution in [-0.4, -0.2) is 16.7 Å². The van der Waals surface area contributed by atoms with Gasteiger partial charge >= 0.3 is 5.69 Å². The molecule has 88 valence electrons. The molecule has 0 aliphatic carbocycles. The molecule has 5 nitrogen and oxygen atoms in total. The molecule has 1 heterocycles. The molecule has 0 saturated heterocycles. The van der Waals surface area contributed by atoms with E-state index in [2.05, 4.69) is 4.98 Å². The van der Waals surface area contributed by atoms with Crippen molar-refractivity contribution in [2.24, 2.45) is 0 Å². The summed E-state index contributed by atoms with van der Waals surface area (Å²) in [4.78, 5) is 15.1. The normalized spacial score (nSPS) is 10.2. The van der Waals surface area contributed by atoms with E-state index in [0.29, 0.717) is 18.0 Å². The van der Waals surface area contributed by atoms with Gasteiger partial charge in [-0.2, -0.15) is 0 Å². The molecule has 0 aliphatic rings. The Morgan fingerprint density at radius 2 is 2.24 bits per heavy atom. The Kier molecular flexibility index (Phi) is 3.09. The van der Waals surface area contributed by atoms with Gasteiger partial charge in [0.25, 0.3) is 0 Å². The summed E-state index contributed by atoms with van der Waals surface area (Å²) >= 11 is 0. The molecule has 1 aromatic carbocycles. The Morgan fingerprint density at radius 3 is 2.94 bits per heavy atom. The average Bonchev–Trinajstić information content (AvgIpc) is 2.31. The Hall–Kier alpha value is -2.30. The molecule has 1 aromatic heterocycles. The first-order valence-electron chi connectivity index (χ1n) is 5.14. The third-order valence-electron chi connectivity index (χ3n) is 2.36. The highest BCUT2D eigenvalue weighted by atomic mass is 16.5. The van der Waals surface area contributed by atoms with Crippen LogP contribution in [0.4, 0.5) is 5.69 Å². The predicted molar refractivity (Wildman–Crippen MR) is 65.0 cm³/mol. The van der Waals surface area contributed by atoms with Crippen molar-refractivity contribution < 1.29 is 4.74 Å². The lowest BCUT2D eigenvalue weighted by atomic mass is 10.2. The number of aromatic nitrogens is 2. The zero-order valence-corrected chi connectivity index (χ0v) is 9.46. The van der Waals surface area contributed by atoms with Crippen LogP contribution in [0, 0.1) is 0 Å². The summed E-state index contributed by atoms with van der Waals surface area (Å²) in [5.41, 5.74) is 6.97. The molecule has 0 aliphatic heterocycles. The Labute approximate surface area is 98.5 Å². The summed E-state index contributed by atoms with van der Waals surface area (Å²) in [5.74, 6) is 0.678. The number of anilines is 1. The summed E-state index contributed by atoms with van der Waals surface area (Å²) in [6.07, 6.45) is 3.16. The lowest BCUT2D eigenvalue weighted by Crippen LogP contribution is -2.21. The monoisotopic (exact) mass is 231 g/mol. The molecule has 0 amide bonds. The van der Waals surface area contributed by atoms with Crippen LogP contribution < -0.4 is 16.2 Å². The lowest BCUT2D eigenvalue weighted by molar-refractivity contribution is 0.414. The minimum atomic E-state index is -0.283. The predicted octanol–water partition coefficient (Wildman–Crippen LogP) is 0.882. The minimum absolute atomic E-state index is 0.283. The van der Waals surface area contributed by atoms with Gasteiger partial charge in [0.1, 0.15) is 5.75 Å². The van der Waals surface area contributed by atoms with Gasteiger partial charge in [-0.25, -0.2) is 9.78 Å². The highest BCUT2D eigenvalue weighted by molar-refractivity contribution is 5.47. The number of ether oxygens (including phenoxy) is 1. The van der Waals surface area contributed by atoms with Crippen LogP contribution in [0.25, 0.3) is 0 Å². The minimum Gasteiger partial charge on any atom is -0.497 e. The SMILES string of the molecule is COc1cc(N)cc(Cn2cccnc2=O)c1. The van der Waals surface area contributed by atoms with Crippen LogP contribution in [0.3, 0.4) is 0 Å². The summed E-state index contributed by atoms with van der Waals surface area (Å²) < 4.78 is 6.63. The van der Waals surface area contributed by atoms with Gasteiger partial charge in [-0.15, -0.1) is 0 Å². The van der Waals surface area contributed by atoms with E-state index in [9.17, 15) is 4.79 Å². The van der Waals surface area contributed by atoms with Gasteiger partial charge in [-0.05, 0) is 23.8 Å². The molecule has 0 unspecified atom stereocenters. The van der Waals surface area contributed by atoms with Crippen molar-refractivity contribution in [3.8, 4) is 5.75 Å². The molecule has 2 rings (SSSR count). The van der Waals surface area contributed by atoms with Crippen LogP contribution in [0.1, 0.15) is 5.56 Å². The van der Waals surface area contributed by atoms with E-state index in [1.165, 1.54) is 10.8 Å². The van der Waals surface area contributed by atoms with Crippen molar-refractivity contribution in [1.29, 1.82) is 0 Å². The number of benzene rings is 1. The molecule has 0 radical (unpaired) electrons.